The van der Waals surface area contributed by atoms with Gasteiger partial charge in [0, 0.05) is 51.9 Å². The zero-order chi connectivity index (χ0) is 47.7. The fraction of sp³-hybridized carbons (Fsp3) is 0.0896. The molecule has 0 heterocycles. The Morgan fingerprint density at radius 1 is 0.486 bits per heavy atom. The van der Waals surface area contributed by atoms with Gasteiger partial charge in [-0.25, -0.2) is 0 Å². The first-order valence-corrected chi connectivity index (χ1v) is 24.2. The number of nitrogens with zero attached hydrogens (tertiary/aromatic N) is 2. The topological polar surface area (TPSA) is 23.6 Å². The summed E-state index contributed by atoms with van der Waals surface area (Å²) in [4.78, 5) is 17.2. The zero-order valence-electron chi connectivity index (χ0n) is 39.9. The Bertz CT molecular complexity index is 3590. The molecule has 3 aliphatic rings. The molecule has 0 atom stereocenters. The number of rotatable bonds is 10. The lowest BCUT2D eigenvalue weighted by atomic mass is 9.70. The largest absolute Gasteiger partial charge is 0.344 e. The molecule has 9 aromatic carbocycles. The molecule has 3 aliphatic carbocycles. The minimum Gasteiger partial charge on any atom is -0.344 e. The monoisotopic (exact) mass is 900 g/mol. The van der Waals surface area contributed by atoms with Gasteiger partial charge in [0.2, 0.25) is 0 Å². The van der Waals surface area contributed by atoms with Crippen molar-refractivity contribution in [2.24, 2.45) is 0 Å². The van der Waals surface area contributed by atoms with Crippen molar-refractivity contribution in [3.63, 3.8) is 0 Å². The van der Waals surface area contributed by atoms with Gasteiger partial charge in [0.15, 0.2) is 6.29 Å². The van der Waals surface area contributed by atoms with Crippen LogP contribution < -0.4 is 9.80 Å². The van der Waals surface area contributed by atoms with Crippen LogP contribution in [-0.2, 0) is 15.6 Å². The molecule has 0 bridgehead atoms. The van der Waals surface area contributed by atoms with Crippen LogP contribution in [0.1, 0.15) is 59.7 Å². The summed E-state index contributed by atoms with van der Waals surface area (Å²) in [5.41, 5.74) is 24.7. The van der Waals surface area contributed by atoms with Crippen LogP contribution >= 0.6 is 0 Å². The predicted molar refractivity (Wildman–Crippen MR) is 293 cm³/mol. The summed E-state index contributed by atoms with van der Waals surface area (Å²) in [5, 5.41) is 0. The number of allylic oxidation sites excluding steroid dienone is 5. The Labute approximate surface area is 411 Å². The van der Waals surface area contributed by atoms with Crippen LogP contribution in [0.4, 0.5) is 28.4 Å². The van der Waals surface area contributed by atoms with Gasteiger partial charge in [0.1, 0.15) is 0 Å². The first-order chi connectivity index (χ1) is 34.3. The van der Waals surface area contributed by atoms with E-state index in [0.717, 1.165) is 57.0 Å². The average molecular weight is 901 g/mol. The Morgan fingerprint density at radius 2 is 1.03 bits per heavy atom. The first-order valence-electron chi connectivity index (χ1n) is 24.2. The van der Waals surface area contributed by atoms with E-state index in [1.807, 2.05) is 37.3 Å². The van der Waals surface area contributed by atoms with Gasteiger partial charge in [-0.05, 0) is 139 Å². The Morgan fingerprint density at radius 3 is 1.67 bits per heavy atom. The maximum Gasteiger partial charge on any atom is 0.150 e. The van der Waals surface area contributed by atoms with Crippen LogP contribution in [-0.4, -0.2) is 13.3 Å². The van der Waals surface area contributed by atoms with Gasteiger partial charge in [-0.1, -0.05) is 190 Å². The SMILES string of the molecule is C=C/C(C=O)=C(\C=C/C)c1cc(-c2ccc(N(c3ccc4c(c3)C(C)(C)c3ccccc3-4)c3cccc4c3-c3ccccc3C43c4ccccc4-c4ccccc43)cc2)ccc1N(C)c1ccccc1. The normalized spacial score (nSPS) is 14.2. The van der Waals surface area contributed by atoms with Crippen LogP contribution in [0.15, 0.2) is 237 Å². The minimum atomic E-state index is -0.472. The molecule has 0 saturated heterocycles. The highest BCUT2D eigenvalue weighted by Gasteiger charge is 2.52. The fourth-order valence-corrected chi connectivity index (χ4v) is 12.1. The number of hydrogen-bond acceptors (Lipinski definition) is 3. The fourth-order valence-electron chi connectivity index (χ4n) is 12.1. The Balaban J connectivity index is 1.06. The van der Waals surface area contributed by atoms with Crippen LogP contribution in [0.25, 0.3) is 50.1 Å². The molecule has 336 valence electrons. The quantitative estimate of drug-likeness (QED) is 0.0776. The molecule has 12 rings (SSSR count). The van der Waals surface area contributed by atoms with E-state index >= 15 is 0 Å². The summed E-state index contributed by atoms with van der Waals surface area (Å²) in [6.45, 7) is 10.7. The predicted octanol–water partition coefficient (Wildman–Crippen LogP) is 17.0. The smallest absolute Gasteiger partial charge is 0.150 e. The maximum absolute atomic E-state index is 12.6. The third-order valence-electron chi connectivity index (χ3n) is 15.3. The maximum atomic E-state index is 12.6. The van der Waals surface area contributed by atoms with Crippen LogP contribution in [0.5, 0.6) is 0 Å². The van der Waals surface area contributed by atoms with Crippen LogP contribution in [0.3, 0.4) is 0 Å². The van der Waals surface area contributed by atoms with Gasteiger partial charge in [-0.2, -0.15) is 0 Å². The van der Waals surface area contributed by atoms with Gasteiger partial charge in [-0.15, -0.1) is 0 Å². The third kappa shape index (κ3) is 6.24. The van der Waals surface area contributed by atoms with Crippen molar-refractivity contribution < 1.29 is 4.79 Å². The summed E-state index contributed by atoms with van der Waals surface area (Å²) >= 11 is 0. The molecule has 1 spiro atoms. The average Bonchev–Trinajstić information content (AvgIpc) is 3.98. The van der Waals surface area contributed by atoms with Gasteiger partial charge in [0.05, 0.1) is 11.1 Å². The Hall–Kier alpha value is -8.53. The molecule has 0 unspecified atom stereocenters. The van der Waals surface area contributed by atoms with E-state index in [0.29, 0.717) is 5.57 Å². The molecule has 9 aromatic rings. The number of fused-ring (bicyclic) bond motifs is 13. The molecule has 0 radical (unpaired) electrons. The van der Waals surface area contributed by atoms with Crippen molar-refractivity contribution in [2.45, 2.75) is 31.6 Å². The standard InChI is InChI=1S/C67H52N2O/c1-6-20-50(44(7-2)43-70)56-41-46(35-40-63(56)68(5)47-21-9-8-10-22-47)45-33-36-48(37-34-45)69(49-38-39-54-51-23-11-15-27-57(51)66(3,4)62(54)42-49)64-32-19-31-61-65(64)55-26-14-18-30-60(55)67(61)58-28-16-12-24-52(58)53-25-13-17-29-59(53)67/h6-43H,2H2,1,3-5H3/b20-6-,50-44-. The van der Waals surface area contributed by atoms with Crippen LogP contribution in [0.2, 0.25) is 0 Å². The molecule has 70 heavy (non-hydrogen) atoms. The van der Waals surface area contributed by atoms with E-state index in [1.54, 1.807) is 6.08 Å². The van der Waals surface area contributed by atoms with Gasteiger partial charge >= 0.3 is 0 Å². The number of carbonyl (C=O) groups is 1. The van der Waals surface area contributed by atoms with Crippen LogP contribution in [0, 0.1) is 0 Å². The molecular formula is C67H52N2O. The molecular weight excluding hydrogens is 849 g/mol. The van der Waals surface area contributed by atoms with E-state index in [1.165, 1.54) is 66.8 Å². The van der Waals surface area contributed by atoms with Crippen molar-refractivity contribution in [3.05, 3.63) is 276 Å². The molecule has 3 nitrogen and oxygen atoms in total. The summed E-state index contributed by atoms with van der Waals surface area (Å²) in [5.74, 6) is 0. The Kier molecular flexibility index (Phi) is 10.2. The zero-order valence-corrected chi connectivity index (χ0v) is 39.9. The summed E-state index contributed by atoms with van der Waals surface area (Å²) < 4.78 is 0. The van der Waals surface area contributed by atoms with Crippen molar-refractivity contribution >= 4 is 40.3 Å². The minimum absolute atomic E-state index is 0.182. The van der Waals surface area contributed by atoms with Crippen molar-refractivity contribution in [2.75, 3.05) is 16.8 Å². The van der Waals surface area contributed by atoms with Gasteiger partial charge in [0.25, 0.3) is 0 Å². The highest BCUT2D eigenvalue weighted by Crippen LogP contribution is 2.65. The number of aldehydes is 1. The first kappa shape index (κ1) is 42.8. The highest BCUT2D eigenvalue weighted by molar-refractivity contribution is 6.02. The second kappa shape index (κ2) is 16.6. The molecule has 0 N–H and O–H groups in total. The van der Waals surface area contributed by atoms with Crippen molar-refractivity contribution in [1.29, 1.82) is 0 Å². The number of anilines is 5. The molecule has 0 aliphatic heterocycles. The molecule has 3 heteroatoms. The highest BCUT2D eigenvalue weighted by atomic mass is 16.1. The molecule has 0 amide bonds. The van der Waals surface area contributed by atoms with Crippen molar-refractivity contribution in [3.8, 4) is 44.5 Å². The molecule has 0 aromatic heterocycles. The molecule has 0 saturated carbocycles. The van der Waals surface area contributed by atoms with E-state index in [4.69, 9.17) is 0 Å². The molecule has 0 fully saturated rings. The summed E-state index contributed by atoms with van der Waals surface area (Å²) in [6, 6.07) is 75.9. The third-order valence-corrected chi connectivity index (χ3v) is 15.3. The summed E-state index contributed by atoms with van der Waals surface area (Å²) in [6.07, 6.45) is 6.53. The van der Waals surface area contributed by atoms with Gasteiger partial charge < -0.3 is 9.80 Å². The number of hydrogen-bond donors (Lipinski definition) is 0. The second-order valence-electron chi connectivity index (χ2n) is 19.2. The lowest BCUT2D eigenvalue weighted by Crippen LogP contribution is -2.26. The number of carbonyl (C=O) groups excluding carboxylic acids is 1. The number of benzene rings is 9. The van der Waals surface area contributed by atoms with E-state index in [2.05, 4.69) is 225 Å². The lowest BCUT2D eigenvalue weighted by molar-refractivity contribution is -0.104. The second-order valence-corrected chi connectivity index (χ2v) is 19.2. The van der Waals surface area contributed by atoms with E-state index in [-0.39, 0.29) is 5.41 Å². The van der Waals surface area contributed by atoms with E-state index in [9.17, 15) is 4.79 Å². The van der Waals surface area contributed by atoms with E-state index < -0.39 is 5.41 Å². The lowest BCUT2D eigenvalue weighted by Gasteiger charge is -2.32. The summed E-state index contributed by atoms with van der Waals surface area (Å²) in [7, 11) is 2.07. The van der Waals surface area contributed by atoms with Crippen molar-refractivity contribution in [1.82, 2.24) is 0 Å². The number of para-hydroxylation sites is 1. The van der Waals surface area contributed by atoms with Gasteiger partial charge in [-0.3, -0.25) is 4.79 Å².